The highest BCUT2D eigenvalue weighted by atomic mass is 79.9. The minimum absolute atomic E-state index is 0.176. The van der Waals surface area contributed by atoms with Gasteiger partial charge in [0.05, 0.1) is 4.91 Å². The first kappa shape index (κ1) is 11.6. The average Bonchev–Trinajstić information content (AvgIpc) is 1.85. The van der Waals surface area contributed by atoms with Gasteiger partial charge in [-0.05, 0) is 34.5 Å². The number of rotatable bonds is 3. The highest BCUT2D eigenvalue weighted by Crippen LogP contribution is 2.23. The van der Waals surface area contributed by atoms with E-state index in [4.69, 9.17) is 0 Å². The molecular formula is C8H11BrO2S. The smallest absolute Gasteiger partial charge is 0.176 e. The first-order valence-electron chi connectivity index (χ1n) is 3.19. The maximum atomic E-state index is 11.1. The van der Waals surface area contributed by atoms with Gasteiger partial charge in [0, 0.05) is 10.7 Å². The van der Waals surface area contributed by atoms with Crippen molar-refractivity contribution in [2.75, 3.05) is 6.26 Å². The molecule has 0 bridgehead atoms. The largest absolute Gasteiger partial charge is 0.224 e. The molecule has 0 spiro atoms. The van der Waals surface area contributed by atoms with E-state index in [0.717, 1.165) is 6.26 Å². The molecule has 2 nitrogen and oxygen atoms in total. The molecule has 0 fully saturated rings. The lowest BCUT2D eigenvalue weighted by atomic mass is 10.3. The summed E-state index contributed by atoms with van der Waals surface area (Å²) < 4.78 is 22.7. The zero-order valence-electron chi connectivity index (χ0n) is 7.09. The van der Waals surface area contributed by atoms with Gasteiger partial charge in [0.25, 0.3) is 0 Å². The number of allylic oxidation sites excluding steroid dienone is 3. The van der Waals surface area contributed by atoms with Gasteiger partial charge in [0.15, 0.2) is 9.84 Å². The topological polar surface area (TPSA) is 34.1 Å². The van der Waals surface area contributed by atoms with Gasteiger partial charge in [-0.15, -0.1) is 0 Å². The minimum Gasteiger partial charge on any atom is -0.224 e. The fraction of sp³-hybridized carbons (Fsp3) is 0.250. The Balaban J connectivity index is 5.46. The lowest BCUT2D eigenvalue weighted by molar-refractivity contribution is 0.608. The second kappa shape index (κ2) is 4.05. The molecule has 0 amide bonds. The molecule has 0 aromatic heterocycles. The molecule has 0 atom stereocenters. The van der Waals surface area contributed by atoms with Gasteiger partial charge in [0.1, 0.15) is 0 Å². The summed E-state index contributed by atoms with van der Waals surface area (Å²) in [5.74, 6) is 0. The second-order valence-electron chi connectivity index (χ2n) is 2.43. The van der Waals surface area contributed by atoms with Crippen molar-refractivity contribution in [3.8, 4) is 0 Å². The lowest BCUT2D eigenvalue weighted by Gasteiger charge is -2.03. The Bertz CT molecular complexity index is 336. The van der Waals surface area contributed by atoms with Crippen LogP contribution in [0.3, 0.4) is 0 Å². The van der Waals surface area contributed by atoms with Crippen molar-refractivity contribution in [1.29, 1.82) is 0 Å². The van der Waals surface area contributed by atoms with Crippen molar-refractivity contribution < 1.29 is 8.42 Å². The molecule has 0 unspecified atom stereocenters. The Labute approximate surface area is 81.7 Å². The SMILES string of the molecule is C=C/C(=C(\Br)C(=C)C)S(C)(=O)=O. The second-order valence-corrected chi connectivity index (χ2v) is 5.21. The molecule has 0 saturated carbocycles. The monoisotopic (exact) mass is 250 g/mol. The summed E-state index contributed by atoms with van der Waals surface area (Å²) in [7, 11) is -3.21. The van der Waals surface area contributed by atoms with Crippen molar-refractivity contribution in [1.82, 2.24) is 0 Å². The van der Waals surface area contributed by atoms with Gasteiger partial charge in [-0.2, -0.15) is 0 Å². The van der Waals surface area contributed by atoms with Gasteiger partial charge in [-0.1, -0.05) is 13.2 Å². The quantitative estimate of drug-likeness (QED) is 0.722. The normalized spacial score (nSPS) is 13.6. The molecular weight excluding hydrogens is 240 g/mol. The summed E-state index contributed by atoms with van der Waals surface area (Å²) >= 11 is 3.13. The van der Waals surface area contributed by atoms with Crippen LogP contribution in [0.25, 0.3) is 0 Å². The Kier molecular flexibility index (Phi) is 3.93. The van der Waals surface area contributed by atoms with Crippen molar-refractivity contribution >= 4 is 25.8 Å². The van der Waals surface area contributed by atoms with Gasteiger partial charge in [-0.25, -0.2) is 8.42 Å². The van der Waals surface area contributed by atoms with E-state index in [1.165, 1.54) is 6.08 Å². The molecule has 0 N–H and O–H groups in total. The third kappa shape index (κ3) is 2.95. The van der Waals surface area contributed by atoms with Gasteiger partial charge in [0.2, 0.25) is 0 Å². The van der Waals surface area contributed by atoms with Crippen molar-refractivity contribution in [2.45, 2.75) is 6.92 Å². The molecule has 0 aliphatic rings. The number of halogens is 1. The van der Waals surface area contributed by atoms with Crippen LogP contribution in [0.4, 0.5) is 0 Å². The van der Waals surface area contributed by atoms with Crippen LogP contribution in [-0.4, -0.2) is 14.7 Å². The van der Waals surface area contributed by atoms with Crippen LogP contribution < -0.4 is 0 Å². The molecule has 68 valence electrons. The van der Waals surface area contributed by atoms with Crippen LogP contribution >= 0.6 is 15.9 Å². The highest BCUT2D eigenvalue weighted by molar-refractivity contribution is 9.12. The summed E-state index contributed by atoms with van der Waals surface area (Å²) in [5.41, 5.74) is 0.662. The number of hydrogen-bond donors (Lipinski definition) is 0. The van der Waals surface area contributed by atoms with Crippen LogP contribution in [0.2, 0.25) is 0 Å². The first-order chi connectivity index (χ1) is 5.30. The molecule has 12 heavy (non-hydrogen) atoms. The van der Waals surface area contributed by atoms with Crippen molar-refractivity contribution in [2.24, 2.45) is 0 Å². The zero-order valence-corrected chi connectivity index (χ0v) is 9.50. The summed E-state index contributed by atoms with van der Waals surface area (Å²) in [6, 6.07) is 0. The van der Waals surface area contributed by atoms with Crippen LogP contribution in [0, 0.1) is 0 Å². The van der Waals surface area contributed by atoms with Gasteiger partial charge < -0.3 is 0 Å². The molecule has 0 rings (SSSR count). The average molecular weight is 251 g/mol. The number of sulfone groups is 1. The molecule has 0 aliphatic heterocycles. The van der Waals surface area contributed by atoms with E-state index in [0.29, 0.717) is 10.1 Å². The van der Waals surface area contributed by atoms with Crippen LogP contribution in [-0.2, 0) is 9.84 Å². The predicted molar refractivity (Wildman–Crippen MR) is 55.8 cm³/mol. The molecule has 0 saturated heterocycles. The Morgan fingerprint density at radius 1 is 1.50 bits per heavy atom. The fourth-order valence-electron chi connectivity index (χ4n) is 0.614. The van der Waals surface area contributed by atoms with E-state index < -0.39 is 9.84 Å². The van der Waals surface area contributed by atoms with E-state index in [1.807, 2.05) is 0 Å². The van der Waals surface area contributed by atoms with Crippen LogP contribution in [0.5, 0.6) is 0 Å². The van der Waals surface area contributed by atoms with E-state index in [2.05, 4.69) is 29.1 Å². The Morgan fingerprint density at radius 2 is 1.92 bits per heavy atom. The Hall–Kier alpha value is -0.350. The maximum absolute atomic E-state index is 11.1. The fourth-order valence-corrected chi connectivity index (χ4v) is 2.46. The molecule has 0 aromatic rings. The molecule has 0 heterocycles. The molecule has 0 aromatic carbocycles. The number of hydrogen-bond acceptors (Lipinski definition) is 2. The van der Waals surface area contributed by atoms with Crippen LogP contribution in [0.1, 0.15) is 6.92 Å². The summed E-state index contributed by atoms with van der Waals surface area (Å²) in [5, 5.41) is 0. The lowest BCUT2D eigenvalue weighted by Crippen LogP contribution is -2.00. The highest BCUT2D eigenvalue weighted by Gasteiger charge is 2.12. The molecule has 4 heteroatoms. The standard InChI is InChI=1S/C8H11BrO2S/c1-5-7(12(4,10)11)8(9)6(2)3/h5H,1-2H2,3-4H3/b8-7+. The van der Waals surface area contributed by atoms with Crippen molar-refractivity contribution in [3.63, 3.8) is 0 Å². The summed E-state index contributed by atoms with van der Waals surface area (Å²) in [6.45, 7) is 8.76. The molecule has 0 radical (unpaired) electrons. The van der Waals surface area contributed by atoms with E-state index >= 15 is 0 Å². The van der Waals surface area contributed by atoms with E-state index in [-0.39, 0.29) is 4.91 Å². The first-order valence-corrected chi connectivity index (χ1v) is 5.87. The third-order valence-electron chi connectivity index (χ3n) is 1.18. The van der Waals surface area contributed by atoms with Gasteiger partial charge >= 0.3 is 0 Å². The van der Waals surface area contributed by atoms with Crippen LogP contribution in [0.15, 0.2) is 34.2 Å². The predicted octanol–water partition coefficient (Wildman–Crippen LogP) is 2.40. The maximum Gasteiger partial charge on any atom is 0.176 e. The zero-order chi connectivity index (χ0) is 9.94. The van der Waals surface area contributed by atoms with Crippen molar-refractivity contribution in [3.05, 3.63) is 34.2 Å². The Morgan fingerprint density at radius 3 is 2.00 bits per heavy atom. The van der Waals surface area contributed by atoms with E-state index in [1.54, 1.807) is 6.92 Å². The summed E-state index contributed by atoms with van der Waals surface area (Å²) in [6.07, 6.45) is 2.43. The van der Waals surface area contributed by atoms with Gasteiger partial charge in [-0.3, -0.25) is 0 Å². The molecule has 0 aliphatic carbocycles. The van der Waals surface area contributed by atoms with E-state index in [9.17, 15) is 8.42 Å². The third-order valence-corrected chi connectivity index (χ3v) is 3.71. The minimum atomic E-state index is -3.21. The summed E-state index contributed by atoms with van der Waals surface area (Å²) in [4.78, 5) is 0.176.